The van der Waals surface area contributed by atoms with Gasteiger partial charge >= 0.3 is 6.03 Å². The Bertz CT molecular complexity index is 866. The third-order valence-electron chi connectivity index (χ3n) is 3.71. The number of halogens is 3. The number of urea groups is 1. The third-order valence-corrected chi connectivity index (χ3v) is 4.40. The molecule has 1 fully saturated rings. The van der Waals surface area contributed by atoms with Crippen LogP contribution in [-0.4, -0.2) is 24.4 Å². The number of nitrogens with one attached hydrogen (secondary N) is 2. The van der Waals surface area contributed by atoms with E-state index < -0.39 is 23.8 Å². The Morgan fingerprint density at radius 2 is 1.62 bits per heavy atom. The lowest BCUT2D eigenvalue weighted by Crippen LogP contribution is -2.58. The van der Waals surface area contributed by atoms with Crippen LogP contribution in [0.3, 0.4) is 0 Å². The molecule has 3 rings (SSSR count). The van der Waals surface area contributed by atoms with Crippen LogP contribution in [0.1, 0.15) is 0 Å². The van der Waals surface area contributed by atoms with Crippen molar-refractivity contribution in [1.82, 2.24) is 5.32 Å². The van der Waals surface area contributed by atoms with E-state index in [1.165, 1.54) is 30.3 Å². The number of nitrogens with zero attached hydrogens (tertiary/aromatic N) is 1. The Morgan fingerprint density at radius 3 is 2.23 bits per heavy atom. The van der Waals surface area contributed by atoms with Crippen molar-refractivity contribution in [2.45, 2.75) is 0 Å². The Balaban J connectivity index is 1.81. The van der Waals surface area contributed by atoms with Crippen LogP contribution < -0.4 is 15.5 Å². The molecule has 134 valence electrons. The summed E-state index contributed by atoms with van der Waals surface area (Å²) in [6, 6.07) is 10.1. The van der Waals surface area contributed by atoms with Crippen LogP contribution in [0.2, 0.25) is 15.1 Å². The summed E-state index contributed by atoms with van der Waals surface area (Å²) in [6.07, 6.45) is 0. The van der Waals surface area contributed by atoms with Gasteiger partial charge < -0.3 is 10.6 Å². The summed E-state index contributed by atoms with van der Waals surface area (Å²) in [4.78, 5) is 38.2. The third kappa shape index (κ3) is 3.93. The van der Waals surface area contributed by atoms with Gasteiger partial charge in [-0.2, -0.15) is 0 Å². The molecule has 1 heterocycles. The number of hydrogen-bond donors (Lipinski definition) is 2. The second-order valence-electron chi connectivity index (χ2n) is 5.54. The Labute approximate surface area is 164 Å². The molecule has 1 atom stereocenters. The Kier molecular flexibility index (Phi) is 5.36. The molecule has 4 amide bonds. The lowest BCUT2D eigenvalue weighted by Gasteiger charge is -2.30. The van der Waals surface area contributed by atoms with Crippen molar-refractivity contribution in [3.63, 3.8) is 0 Å². The van der Waals surface area contributed by atoms with Gasteiger partial charge in [-0.25, -0.2) is 9.69 Å². The highest BCUT2D eigenvalue weighted by molar-refractivity contribution is 6.35. The maximum atomic E-state index is 12.7. The molecule has 9 heteroatoms. The van der Waals surface area contributed by atoms with E-state index in [1.54, 1.807) is 12.1 Å². The smallest absolute Gasteiger partial charge is 0.328 e. The van der Waals surface area contributed by atoms with E-state index in [4.69, 9.17) is 34.8 Å². The number of anilines is 2. The van der Waals surface area contributed by atoms with Gasteiger partial charge in [-0.1, -0.05) is 34.8 Å². The van der Waals surface area contributed by atoms with Crippen LogP contribution in [0.15, 0.2) is 42.5 Å². The molecule has 1 unspecified atom stereocenters. The number of amides is 4. The van der Waals surface area contributed by atoms with Crippen LogP contribution >= 0.6 is 34.8 Å². The molecular formula is C17H12Cl3N3O3. The number of hydrogen-bond acceptors (Lipinski definition) is 3. The van der Waals surface area contributed by atoms with Gasteiger partial charge in [-0.05, 0) is 42.5 Å². The van der Waals surface area contributed by atoms with Crippen molar-refractivity contribution in [3.8, 4) is 0 Å². The van der Waals surface area contributed by atoms with Crippen molar-refractivity contribution in [2.75, 3.05) is 16.8 Å². The van der Waals surface area contributed by atoms with Crippen molar-refractivity contribution in [1.29, 1.82) is 0 Å². The van der Waals surface area contributed by atoms with Crippen LogP contribution in [-0.2, 0) is 9.59 Å². The first-order chi connectivity index (χ1) is 12.3. The van der Waals surface area contributed by atoms with Crippen molar-refractivity contribution >= 4 is 64.0 Å². The molecule has 0 bridgehead atoms. The van der Waals surface area contributed by atoms with Crippen LogP contribution in [0.5, 0.6) is 0 Å². The molecule has 1 aliphatic rings. The minimum absolute atomic E-state index is 0.109. The zero-order chi connectivity index (χ0) is 18.8. The number of imide groups is 1. The van der Waals surface area contributed by atoms with E-state index in [1.807, 2.05) is 0 Å². The second-order valence-corrected chi connectivity index (χ2v) is 6.85. The molecular weight excluding hydrogens is 401 g/mol. The Hall–Kier alpha value is -2.28. The minimum atomic E-state index is -1.10. The van der Waals surface area contributed by atoms with Gasteiger partial charge in [0.15, 0.2) is 0 Å². The SMILES string of the molecule is O=C(Nc1cc(Cl)cc(Cl)c1)C1CNC(=O)N(c2ccc(Cl)cc2)C1=O. The molecule has 1 aliphatic heterocycles. The van der Waals surface area contributed by atoms with Crippen LogP contribution in [0.4, 0.5) is 16.2 Å². The molecule has 2 aromatic rings. The van der Waals surface area contributed by atoms with Gasteiger partial charge in [0.25, 0.3) is 0 Å². The predicted molar refractivity (Wildman–Crippen MR) is 101 cm³/mol. The highest BCUT2D eigenvalue weighted by Gasteiger charge is 2.39. The fraction of sp³-hybridized carbons (Fsp3) is 0.118. The molecule has 0 saturated carbocycles. The number of benzene rings is 2. The fourth-order valence-corrected chi connectivity index (χ4v) is 3.16. The van der Waals surface area contributed by atoms with E-state index in [-0.39, 0.29) is 6.54 Å². The van der Waals surface area contributed by atoms with E-state index in [9.17, 15) is 14.4 Å². The molecule has 0 radical (unpaired) electrons. The summed E-state index contributed by atoms with van der Waals surface area (Å²) < 4.78 is 0. The highest BCUT2D eigenvalue weighted by Crippen LogP contribution is 2.25. The zero-order valence-corrected chi connectivity index (χ0v) is 15.4. The standard InChI is InChI=1S/C17H12Cl3N3O3/c18-9-1-3-13(4-2-9)23-16(25)14(8-21-17(23)26)15(24)22-12-6-10(19)5-11(20)7-12/h1-7,14H,8H2,(H,21,26)(H,22,24). The van der Waals surface area contributed by atoms with Crippen LogP contribution in [0.25, 0.3) is 0 Å². The molecule has 0 spiro atoms. The summed E-state index contributed by atoms with van der Waals surface area (Å²) in [7, 11) is 0. The molecule has 2 N–H and O–H groups in total. The van der Waals surface area contributed by atoms with Gasteiger partial charge in [0.2, 0.25) is 11.8 Å². The summed E-state index contributed by atoms with van der Waals surface area (Å²) >= 11 is 17.6. The van der Waals surface area contributed by atoms with Crippen molar-refractivity contribution in [2.24, 2.45) is 5.92 Å². The highest BCUT2D eigenvalue weighted by atomic mass is 35.5. The molecule has 0 aromatic heterocycles. The minimum Gasteiger partial charge on any atom is -0.336 e. The maximum absolute atomic E-state index is 12.7. The molecule has 0 aliphatic carbocycles. The largest absolute Gasteiger partial charge is 0.336 e. The zero-order valence-electron chi connectivity index (χ0n) is 13.1. The lowest BCUT2D eigenvalue weighted by molar-refractivity contribution is -0.130. The Morgan fingerprint density at radius 1 is 1.00 bits per heavy atom. The van der Waals surface area contributed by atoms with Gasteiger partial charge in [0.05, 0.1) is 5.69 Å². The van der Waals surface area contributed by atoms with E-state index in [2.05, 4.69) is 10.6 Å². The number of carbonyl (C=O) groups excluding carboxylic acids is 3. The normalized spacial score (nSPS) is 17.0. The monoisotopic (exact) mass is 411 g/mol. The topological polar surface area (TPSA) is 78.5 Å². The van der Waals surface area contributed by atoms with Crippen molar-refractivity contribution < 1.29 is 14.4 Å². The predicted octanol–water partition coefficient (Wildman–Crippen LogP) is 3.96. The van der Waals surface area contributed by atoms with Gasteiger partial charge in [0, 0.05) is 27.3 Å². The summed E-state index contributed by atoms with van der Waals surface area (Å²) in [5.41, 5.74) is 0.676. The van der Waals surface area contributed by atoms with Gasteiger partial charge in [0.1, 0.15) is 5.92 Å². The summed E-state index contributed by atoms with van der Waals surface area (Å²) in [5.74, 6) is -2.31. The summed E-state index contributed by atoms with van der Waals surface area (Å²) in [6.45, 7) is -0.109. The van der Waals surface area contributed by atoms with Gasteiger partial charge in [-0.3, -0.25) is 9.59 Å². The summed E-state index contributed by atoms with van der Waals surface area (Å²) in [5, 5.41) is 6.28. The average Bonchev–Trinajstić information content (AvgIpc) is 2.55. The first-order valence-electron chi connectivity index (χ1n) is 7.49. The first-order valence-corrected chi connectivity index (χ1v) is 8.63. The van der Waals surface area contributed by atoms with E-state index in [0.717, 1.165) is 4.90 Å². The molecule has 2 aromatic carbocycles. The fourth-order valence-electron chi connectivity index (χ4n) is 2.51. The van der Waals surface area contributed by atoms with Crippen molar-refractivity contribution in [3.05, 3.63) is 57.5 Å². The van der Waals surface area contributed by atoms with Crippen LogP contribution in [0, 0.1) is 5.92 Å². The van der Waals surface area contributed by atoms with Gasteiger partial charge in [-0.15, -0.1) is 0 Å². The molecule has 6 nitrogen and oxygen atoms in total. The number of carbonyl (C=O) groups is 3. The van der Waals surface area contributed by atoms with E-state index >= 15 is 0 Å². The maximum Gasteiger partial charge on any atom is 0.328 e. The quantitative estimate of drug-likeness (QED) is 0.749. The number of rotatable bonds is 3. The average molecular weight is 413 g/mol. The lowest BCUT2D eigenvalue weighted by atomic mass is 10.0. The van der Waals surface area contributed by atoms with E-state index in [0.29, 0.717) is 26.4 Å². The first kappa shape index (κ1) is 18.5. The molecule has 26 heavy (non-hydrogen) atoms. The molecule has 1 saturated heterocycles. The second kappa shape index (κ2) is 7.53.